The van der Waals surface area contributed by atoms with E-state index in [2.05, 4.69) is 20.8 Å². The summed E-state index contributed by atoms with van der Waals surface area (Å²) in [5.74, 6) is -0.107. The molecule has 0 unspecified atom stereocenters. The number of hydrogen-bond donors (Lipinski definition) is 3. The lowest BCUT2D eigenvalue weighted by molar-refractivity contribution is -0.923. The van der Waals surface area contributed by atoms with Crippen LogP contribution < -0.4 is 4.89 Å². The summed E-state index contributed by atoms with van der Waals surface area (Å²) < 4.78 is 39.4. The Kier molecular flexibility index (Phi) is 10.9. The third kappa shape index (κ3) is 16.0. The molecule has 0 spiro atoms. The highest BCUT2D eigenvalue weighted by atomic mass is 32.2. The predicted molar refractivity (Wildman–Crippen MR) is 74.4 cm³/mol. The second-order valence-electron chi connectivity index (χ2n) is 4.50. The first-order valence-corrected chi connectivity index (χ1v) is 9.60. The van der Waals surface area contributed by atoms with E-state index in [4.69, 9.17) is 23.8 Å². The molecule has 0 rings (SSSR count). The number of nitrogens with zero attached hydrogens (tertiary/aromatic N) is 1. The molecule has 0 heterocycles. The summed E-state index contributed by atoms with van der Waals surface area (Å²) in [6.45, 7) is 10.7. The molecule has 0 saturated carbocycles. The molecule has 0 aromatic rings. The van der Waals surface area contributed by atoms with Crippen LogP contribution in [0.4, 0.5) is 0 Å². The van der Waals surface area contributed by atoms with Crippen LogP contribution in [-0.4, -0.2) is 59.2 Å². The second-order valence-corrected chi connectivity index (χ2v) is 7.05. The van der Waals surface area contributed by atoms with E-state index in [1.165, 1.54) is 0 Å². The van der Waals surface area contributed by atoms with Gasteiger partial charge >= 0.3 is 0 Å². The third-order valence-corrected chi connectivity index (χ3v) is 4.10. The minimum atomic E-state index is -4.89. The van der Waals surface area contributed by atoms with Crippen molar-refractivity contribution in [3.05, 3.63) is 0 Å². The number of quaternary nitrogens is 1. The smallest absolute Gasteiger partial charge is 0.264 e. The molecule has 0 aliphatic rings. The average Bonchev–Trinajstić information content (AvgIpc) is 2.27. The van der Waals surface area contributed by atoms with Crippen molar-refractivity contribution in [1.82, 2.24) is 0 Å². The lowest BCUT2D eigenvalue weighted by Crippen LogP contribution is -2.48. The number of phosphoric acid groups is 1. The highest BCUT2D eigenvalue weighted by Gasteiger charge is 2.19. The molecular weight excluding hydrogens is 309 g/mol. The molecule has 0 radical (unpaired) electrons. The second kappa shape index (κ2) is 9.83. The number of unbranched alkanes of at least 4 members (excludes halogenated alkanes) is 1. The van der Waals surface area contributed by atoms with Crippen molar-refractivity contribution in [2.45, 2.75) is 33.6 Å². The van der Waals surface area contributed by atoms with Crippen molar-refractivity contribution >= 4 is 17.9 Å². The summed E-state index contributed by atoms with van der Waals surface area (Å²) >= 11 is 0. The average molecular weight is 335 g/mol. The van der Waals surface area contributed by atoms with Gasteiger partial charge in [0.05, 0.1) is 31.9 Å². The Morgan fingerprint density at radius 1 is 1.05 bits per heavy atom. The van der Waals surface area contributed by atoms with E-state index >= 15 is 0 Å². The molecule has 10 heteroatoms. The van der Waals surface area contributed by atoms with Gasteiger partial charge in [-0.3, -0.25) is 9.12 Å². The van der Waals surface area contributed by atoms with E-state index in [0.717, 1.165) is 37.1 Å². The Morgan fingerprint density at radius 3 is 1.65 bits per heavy atom. The first-order valence-electron chi connectivity index (χ1n) is 6.46. The number of rotatable bonds is 8. The zero-order valence-corrected chi connectivity index (χ0v) is 13.9. The molecule has 20 heavy (non-hydrogen) atoms. The van der Waals surface area contributed by atoms with Crippen LogP contribution in [0.15, 0.2) is 0 Å². The molecule has 0 fully saturated rings. The van der Waals surface area contributed by atoms with Gasteiger partial charge in [-0.2, -0.15) is 8.42 Å². The van der Waals surface area contributed by atoms with Gasteiger partial charge in [0, 0.05) is 0 Å². The van der Waals surface area contributed by atoms with E-state index in [-0.39, 0.29) is 5.75 Å². The fourth-order valence-corrected chi connectivity index (χ4v) is 2.45. The van der Waals surface area contributed by atoms with Crippen molar-refractivity contribution < 1.29 is 36.7 Å². The van der Waals surface area contributed by atoms with Gasteiger partial charge in [-0.25, -0.2) is 0 Å². The fraction of sp³-hybridized carbons (Fsp3) is 1.00. The van der Waals surface area contributed by atoms with Crippen molar-refractivity contribution in [3.63, 3.8) is 0 Å². The molecule has 124 valence electrons. The van der Waals surface area contributed by atoms with E-state index in [1.54, 1.807) is 0 Å². The third-order valence-electron chi connectivity index (χ3n) is 3.30. The van der Waals surface area contributed by atoms with Crippen LogP contribution in [-0.2, 0) is 14.7 Å². The van der Waals surface area contributed by atoms with Crippen molar-refractivity contribution in [1.29, 1.82) is 0 Å². The fourth-order valence-electron chi connectivity index (χ4n) is 1.88. The largest absolute Gasteiger partial charge is 0.756 e. The standard InChI is InChI=1S/C10H23NO3S.H3O4P/c1-4-11(5-2,6-3)9-7-8-10-15(12,13)14;1-5(2,3)4/h4-10H2,1-3H3;(H3,1,2,3,4). The first kappa shape index (κ1) is 22.3. The molecule has 0 bridgehead atoms. The molecule has 3 N–H and O–H groups in total. The van der Waals surface area contributed by atoms with E-state index in [1.807, 2.05) is 0 Å². The van der Waals surface area contributed by atoms with Crippen LogP contribution >= 0.6 is 7.82 Å². The summed E-state index contributed by atoms with van der Waals surface area (Å²) in [5, 5.41) is 0. The van der Waals surface area contributed by atoms with Crippen molar-refractivity contribution in [3.8, 4) is 0 Å². The highest BCUT2D eigenvalue weighted by molar-refractivity contribution is 7.85. The van der Waals surface area contributed by atoms with Crippen LogP contribution in [0.5, 0.6) is 0 Å². The van der Waals surface area contributed by atoms with Gasteiger partial charge in [0.2, 0.25) is 0 Å². The minimum Gasteiger partial charge on any atom is -0.756 e. The van der Waals surface area contributed by atoms with Gasteiger partial charge in [-0.15, -0.1) is 0 Å². The number of hydrogen-bond acceptors (Lipinski definition) is 4. The minimum absolute atomic E-state index is 0.107. The van der Waals surface area contributed by atoms with Crippen LogP contribution in [0.3, 0.4) is 0 Å². The summed E-state index contributed by atoms with van der Waals surface area (Å²) in [5.41, 5.74) is 0. The molecule has 0 aliphatic heterocycles. The quantitative estimate of drug-likeness (QED) is 0.245. The topological polar surface area (TPSA) is 135 Å². The van der Waals surface area contributed by atoms with Crippen molar-refractivity contribution in [2.24, 2.45) is 0 Å². The maximum atomic E-state index is 10.5. The highest BCUT2D eigenvalue weighted by Crippen LogP contribution is 2.19. The van der Waals surface area contributed by atoms with Gasteiger partial charge in [-0.05, 0) is 33.6 Å². The molecule has 0 saturated heterocycles. The van der Waals surface area contributed by atoms with Crippen molar-refractivity contribution in [2.75, 3.05) is 31.9 Å². The summed E-state index contributed by atoms with van der Waals surface area (Å²) in [6.07, 6.45) is 1.41. The molecular formula is C10H26NO7PS. The van der Waals surface area contributed by atoms with E-state index < -0.39 is 17.9 Å². The lowest BCUT2D eigenvalue weighted by Gasteiger charge is -2.35. The normalized spacial score (nSPS) is 12.8. The van der Waals surface area contributed by atoms with Gasteiger partial charge in [0.25, 0.3) is 17.9 Å². The monoisotopic (exact) mass is 335 g/mol. The van der Waals surface area contributed by atoms with Gasteiger partial charge in [-0.1, -0.05) is 0 Å². The molecule has 0 aromatic carbocycles. The lowest BCUT2D eigenvalue weighted by atomic mass is 10.2. The molecule has 0 aromatic heterocycles. The Balaban J connectivity index is 0. The van der Waals surface area contributed by atoms with E-state index in [9.17, 15) is 8.42 Å². The van der Waals surface area contributed by atoms with Gasteiger partial charge in [0.15, 0.2) is 0 Å². The van der Waals surface area contributed by atoms with Gasteiger partial charge in [0.1, 0.15) is 0 Å². The predicted octanol–water partition coefficient (Wildman–Crippen LogP) is -0.0297. The Bertz CT molecular complexity index is 372. The molecule has 0 amide bonds. The van der Waals surface area contributed by atoms with Crippen LogP contribution in [0.25, 0.3) is 0 Å². The van der Waals surface area contributed by atoms with Crippen LogP contribution in [0.2, 0.25) is 0 Å². The van der Waals surface area contributed by atoms with Crippen LogP contribution in [0, 0.1) is 0 Å². The van der Waals surface area contributed by atoms with Gasteiger partial charge < -0.3 is 19.2 Å². The van der Waals surface area contributed by atoms with E-state index in [0.29, 0.717) is 6.42 Å². The van der Waals surface area contributed by atoms with Crippen LogP contribution in [0.1, 0.15) is 33.6 Å². The summed E-state index contributed by atoms with van der Waals surface area (Å²) in [4.78, 5) is 22.9. The zero-order valence-electron chi connectivity index (χ0n) is 12.2. The SMILES string of the molecule is CC[N+](CC)(CC)CCCCS(=O)(=O)O.O=P([O-])(O)O. The molecule has 8 nitrogen and oxygen atoms in total. The first-order chi connectivity index (χ1) is 8.89. The summed E-state index contributed by atoms with van der Waals surface area (Å²) in [6, 6.07) is 0. The maximum absolute atomic E-state index is 10.5. The zero-order chi connectivity index (χ0) is 16.4. The Labute approximate surface area is 121 Å². The Morgan fingerprint density at radius 2 is 1.40 bits per heavy atom. The molecule has 0 atom stereocenters. The Hall–Kier alpha value is -0.0200. The maximum Gasteiger partial charge on any atom is 0.264 e. The summed E-state index contributed by atoms with van der Waals surface area (Å²) in [7, 11) is -8.66. The molecule has 0 aliphatic carbocycles.